The topological polar surface area (TPSA) is 75.4 Å². The third-order valence-electron chi connectivity index (χ3n) is 3.56. The van der Waals surface area contributed by atoms with Crippen LogP contribution in [0.1, 0.15) is 26.2 Å². The number of nitrogens with zero attached hydrogens (tertiary/aromatic N) is 1. The number of unbranched alkanes of at least 4 members (excludes halogenated alkanes) is 1. The van der Waals surface area contributed by atoms with Crippen molar-refractivity contribution >= 4 is 22.7 Å². The molecule has 0 aliphatic rings. The molecule has 0 aliphatic heterocycles. The van der Waals surface area contributed by atoms with Gasteiger partial charge in [-0.25, -0.2) is 4.98 Å². The summed E-state index contributed by atoms with van der Waals surface area (Å²) in [4.78, 5) is 16.2. The van der Waals surface area contributed by atoms with Crippen molar-refractivity contribution in [3.63, 3.8) is 0 Å². The SMILES string of the molecule is CCCCC(=O)Nc1ccc(O)c(-c2nc3ccccc3o2)c1. The van der Waals surface area contributed by atoms with Gasteiger partial charge in [0.15, 0.2) is 5.58 Å². The molecule has 0 aliphatic carbocycles. The van der Waals surface area contributed by atoms with Crippen LogP contribution in [-0.4, -0.2) is 16.0 Å². The lowest BCUT2D eigenvalue weighted by molar-refractivity contribution is -0.116. The van der Waals surface area contributed by atoms with Gasteiger partial charge in [-0.3, -0.25) is 4.79 Å². The van der Waals surface area contributed by atoms with Crippen LogP contribution in [0.25, 0.3) is 22.6 Å². The number of rotatable bonds is 5. The first-order chi connectivity index (χ1) is 11.2. The van der Waals surface area contributed by atoms with E-state index < -0.39 is 0 Å². The summed E-state index contributed by atoms with van der Waals surface area (Å²) in [6, 6.07) is 12.3. The predicted octanol–water partition coefficient (Wildman–Crippen LogP) is 4.33. The van der Waals surface area contributed by atoms with Crippen LogP contribution in [0.5, 0.6) is 5.75 Å². The summed E-state index contributed by atoms with van der Waals surface area (Å²) in [5.74, 6) is 0.345. The number of carbonyl (C=O) groups excluding carboxylic acids is 1. The zero-order valence-corrected chi connectivity index (χ0v) is 12.9. The molecule has 1 amide bonds. The third kappa shape index (κ3) is 3.34. The lowest BCUT2D eigenvalue weighted by Crippen LogP contribution is -2.10. The van der Waals surface area contributed by atoms with E-state index in [0.29, 0.717) is 29.1 Å². The van der Waals surface area contributed by atoms with Gasteiger partial charge in [0.2, 0.25) is 11.8 Å². The Hall–Kier alpha value is -2.82. The minimum Gasteiger partial charge on any atom is -0.507 e. The quantitative estimate of drug-likeness (QED) is 0.688. The Morgan fingerprint density at radius 1 is 1.26 bits per heavy atom. The summed E-state index contributed by atoms with van der Waals surface area (Å²) < 4.78 is 5.68. The zero-order chi connectivity index (χ0) is 16.2. The van der Waals surface area contributed by atoms with Crippen molar-refractivity contribution in [1.82, 2.24) is 4.98 Å². The van der Waals surface area contributed by atoms with Crippen LogP contribution in [0.3, 0.4) is 0 Å². The van der Waals surface area contributed by atoms with Gasteiger partial charge in [0, 0.05) is 12.1 Å². The molecule has 0 spiro atoms. The van der Waals surface area contributed by atoms with E-state index in [1.54, 1.807) is 12.1 Å². The summed E-state index contributed by atoms with van der Waals surface area (Å²) >= 11 is 0. The second-order valence-corrected chi connectivity index (χ2v) is 5.37. The number of para-hydroxylation sites is 2. The van der Waals surface area contributed by atoms with E-state index in [1.165, 1.54) is 6.07 Å². The average molecular weight is 310 g/mol. The van der Waals surface area contributed by atoms with Crippen LogP contribution < -0.4 is 5.32 Å². The molecule has 0 radical (unpaired) electrons. The molecule has 5 heteroatoms. The molecule has 5 nitrogen and oxygen atoms in total. The van der Waals surface area contributed by atoms with E-state index in [1.807, 2.05) is 31.2 Å². The number of aromatic hydroxyl groups is 1. The van der Waals surface area contributed by atoms with Gasteiger partial charge < -0.3 is 14.8 Å². The first-order valence-corrected chi connectivity index (χ1v) is 7.66. The van der Waals surface area contributed by atoms with Crippen LogP contribution >= 0.6 is 0 Å². The lowest BCUT2D eigenvalue weighted by Gasteiger charge is -2.07. The first-order valence-electron chi connectivity index (χ1n) is 7.66. The van der Waals surface area contributed by atoms with Crippen molar-refractivity contribution < 1.29 is 14.3 Å². The van der Waals surface area contributed by atoms with E-state index >= 15 is 0 Å². The molecule has 0 saturated carbocycles. The van der Waals surface area contributed by atoms with Crippen LogP contribution in [-0.2, 0) is 4.79 Å². The number of fused-ring (bicyclic) bond motifs is 1. The summed E-state index contributed by atoms with van der Waals surface area (Å²) in [6.07, 6.45) is 2.30. The van der Waals surface area contributed by atoms with Crippen molar-refractivity contribution in [3.05, 3.63) is 42.5 Å². The maximum absolute atomic E-state index is 11.8. The number of nitrogens with one attached hydrogen (secondary N) is 1. The monoisotopic (exact) mass is 310 g/mol. The smallest absolute Gasteiger partial charge is 0.231 e. The van der Waals surface area contributed by atoms with Crippen LogP contribution in [0, 0.1) is 0 Å². The van der Waals surface area contributed by atoms with Crippen LogP contribution in [0.15, 0.2) is 46.9 Å². The second kappa shape index (κ2) is 6.52. The summed E-state index contributed by atoms with van der Waals surface area (Å²) in [7, 11) is 0. The molecule has 118 valence electrons. The van der Waals surface area contributed by atoms with Gasteiger partial charge in [-0.05, 0) is 36.8 Å². The van der Waals surface area contributed by atoms with E-state index in [9.17, 15) is 9.90 Å². The van der Waals surface area contributed by atoms with Gasteiger partial charge in [0.05, 0.1) is 5.56 Å². The normalized spacial score (nSPS) is 10.8. The Morgan fingerprint density at radius 3 is 2.87 bits per heavy atom. The maximum Gasteiger partial charge on any atom is 0.231 e. The Bertz CT molecular complexity index is 806. The molecule has 2 aromatic carbocycles. The number of carbonyl (C=O) groups is 1. The Balaban J connectivity index is 1.89. The fraction of sp³-hybridized carbons (Fsp3) is 0.222. The number of oxazole rings is 1. The summed E-state index contributed by atoms with van der Waals surface area (Å²) in [5.41, 5.74) is 2.44. The number of phenolic OH excluding ortho intramolecular Hbond substituents is 1. The molecule has 1 aromatic heterocycles. The lowest BCUT2D eigenvalue weighted by atomic mass is 10.1. The van der Waals surface area contributed by atoms with Crippen molar-refractivity contribution in [2.24, 2.45) is 0 Å². The number of benzene rings is 2. The molecule has 1 heterocycles. The average Bonchev–Trinajstić information content (AvgIpc) is 2.98. The summed E-state index contributed by atoms with van der Waals surface area (Å²) in [6.45, 7) is 2.04. The van der Waals surface area contributed by atoms with Crippen molar-refractivity contribution in [2.45, 2.75) is 26.2 Å². The minimum absolute atomic E-state index is 0.0407. The fourth-order valence-electron chi connectivity index (χ4n) is 2.33. The number of aromatic nitrogens is 1. The zero-order valence-electron chi connectivity index (χ0n) is 12.9. The van der Waals surface area contributed by atoms with Gasteiger partial charge in [-0.1, -0.05) is 25.5 Å². The van der Waals surface area contributed by atoms with Gasteiger partial charge >= 0.3 is 0 Å². The van der Waals surface area contributed by atoms with E-state index in [2.05, 4.69) is 10.3 Å². The fourth-order valence-corrected chi connectivity index (χ4v) is 2.33. The van der Waals surface area contributed by atoms with Crippen molar-refractivity contribution in [2.75, 3.05) is 5.32 Å². The number of hydrogen-bond acceptors (Lipinski definition) is 4. The number of phenols is 1. The molecule has 23 heavy (non-hydrogen) atoms. The molecule has 0 fully saturated rings. The van der Waals surface area contributed by atoms with Crippen molar-refractivity contribution in [1.29, 1.82) is 0 Å². The molecule has 0 atom stereocenters. The van der Waals surface area contributed by atoms with Gasteiger partial charge in [0.1, 0.15) is 11.3 Å². The first kappa shape index (κ1) is 15.1. The number of amides is 1. The molecule has 2 N–H and O–H groups in total. The minimum atomic E-state index is -0.0407. The second-order valence-electron chi connectivity index (χ2n) is 5.37. The van der Waals surface area contributed by atoms with Gasteiger partial charge in [-0.15, -0.1) is 0 Å². The van der Waals surface area contributed by atoms with E-state index in [4.69, 9.17) is 4.42 Å². The highest BCUT2D eigenvalue weighted by Crippen LogP contribution is 2.33. The van der Waals surface area contributed by atoms with Crippen molar-refractivity contribution in [3.8, 4) is 17.2 Å². The third-order valence-corrected chi connectivity index (χ3v) is 3.56. The molecule has 0 saturated heterocycles. The number of anilines is 1. The Labute approximate surface area is 134 Å². The molecule has 3 aromatic rings. The summed E-state index contributed by atoms with van der Waals surface area (Å²) in [5, 5.41) is 12.9. The predicted molar refractivity (Wildman–Crippen MR) is 89.3 cm³/mol. The molecular weight excluding hydrogens is 292 g/mol. The molecule has 0 unspecified atom stereocenters. The Morgan fingerprint density at radius 2 is 2.09 bits per heavy atom. The van der Waals surface area contributed by atoms with E-state index in [-0.39, 0.29) is 11.7 Å². The Kier molecular flexibility index (Phi) is 4.28. The van der Waals surface area contributed by atoms with Gasteiger partial charge in [-0.2, -0.15) is 0 Å². The molecular formula is C18H18N2O3. The highest BCUT2D eigenvalue weighted by atomic mass is 16.3. The number of hydrogen-bond donors (Lipinski definition) is 2. The highest BCUT2D eigenvalue weighted by molar-refractivity contribution is 5.91. The standard InChI is InChI=1S/C18H18N2O3/c1-2-3-8-17(22)19-12-9-10-15(21)13(11-12)18-20-14-6-4-5-7-16(14)23-18/h4-7,9-11,21H,2-3,8H2,1H3,(H,19,22). The largest absolute Gasteiger partial charge is 0.507 e. The van der Waals surface area contributed by atoms with E-state index in [0.717, 1.165) is 18.4 Å². The van der Waals surface area contributed by atoms with Gasteiger partial charge in [0.25, 0.3) is 0 Å². The van der Waals surface area contributed by atoms with Crippen LogP contribution in [0.2, 0.25) is 0 Å². The molecule has 0 bridgehead atoms. The maximum atomic E-state index is 11.8. The highest BCUT2D eigenvalue weighted by Gasteiger charge is 2.13. The molecule has 3 rings (SSSR count). The van der Waals surface area contributed by atoms with Crippen LogP contribution in [0.4, 0.5) is 5.69 Å².